The summed E-state index contributed by atoms with van der Waals surface area (Å²) in [5, 5.41) is 6.22. The first-order valence-electron chi connectivity index (χ1n) is 9.01. The minimum Gasteiger partial charge on any atom is -0.369 e. The van der Waals surface area contributed by atoms with Gasteiger partial charge in [-0.25, -0.2) is 22.8 Å². The van der Waals surface area contributed by atoms with Crippen LogP contribution in [-0.4, -0.2) is 30.7 Å². The molecule has 0 aliphatic carbocycles. The number of nitrogens with one attached hydrogen (secondary N) is 2. The second-order valence-electron chi connectivity index (χ2n) is 6.15. The predicted octanol–water partition coefficient (Wildman–Crippen LogP) is 4.26. The van der Waals surface area contributed by atoms with Crippen LogP contribution in [0.15, 0.2) is 48.1 Å². The van der Waals surface area contributed by atoms with Crippen molar-refractivity contribution < 1.29 is 12.8 Å². The van der Waals surface area contributed by atoms with E-state index in [4.69, 9.17) is 0 Å². The molecule has 0 bridgehead atoms. The molecule has 2 heterocycles. The summed E-state index contributed by atoms with van der Waals surface area (Å²) in [7, 11) is -3.40. The highest BCUT2D eigenvalue weighted by Gasteiger charge is 2.10. The van der Waals surface area contributed by atoms with Gasteiger partial charge in [0.2, 0.25) is 10.0 Å². The summed E-state index contributed by atoms with van der Waals surface area (Å²) in [6.45, 7) is 2.21. The van der Waals surface area contributed by atoms with Crippen LogP contribution in [0, 0.1) is 5.82 Å². The molecule has 1 aromatic carbocycles. The first-order valence-corrected chi connectivity index (χ1v) is 11.5. The molecule has 0 radical (unpaired) electrons. The first-order chi connectivity index (χ1) is 13.9. The van der Waals surface area contributed by atoms with Gasteiger partial charge in [0.1, 0.15) is 11.6 Å². The van der Waals surface area contributed by atoms with Crippen molar-refractivity contribution in [2.24, 2.45) is 0 Å². The normalized spacial score (nSPS) is 11.7. The van der Waals surface area contributed by atoms with E-state index in [1.165, 1.54) is 18.3 Å². The quantitative estimate of drug-likeness (QED) is 0.528. The van der Waals surface area contributed by atoms with Crippen LogP contribution in [0.4, 0.5) is 15.9 Å². The summed E-state index contributed by atoms with van der Waals surface area (Å²) in [6, 6.07) is 7.82. The van der Waals surface area contributed by atoms with Gasteiger partial charge in [-0.2, -0.15) is 0 Å². The van der Waals surface area contributed by atoms with Crippen LogP contribution < -0.4 is 10.0 Å². The van der Waals surface area contributed by atoms with Gasteiger partial charge in [0.15, 0.2) is 0 Å². The molecule has 0 spiro atoms. The Morgan fingerprint density at radius 1 is 1.17 bits per heavy atom. The fraction of sp³-hybridized carbons (Fsp3) is 0.200. The van der Waals surface area contributed by atoms with Crippen molar-refractivity contribution in [1.29, 1.82) is 0 Å². The minimum atomic E-state index is -3.40. The van der Waals surface area contributed by atoms with Crippen molar-refractivity contribution in [2.45, 2.75) is 13.3 Å². The minimum absolute atomic E-state index is 0.0262. The summed E-state index contributed by atoms with van der Waals surface area (Å²) in [4.78, 5) is 8.63. The summed E-state index contributed by atoms with van der Waals surface area (Å²) >= 11 is 1.59. The molecule has 3 rings (SSSR count). The number of hydrogen-bond donors (Lipinski definition) is 2. The molecule has 9 heteroatoms. The van der Waals surface area contributed by atoms with Gasteiger partial charge in [0.05, 0.1) is 22.6 Å². The number of halogens is 1. The van der Waals surface area contributed by atoms with Crippen molar-refractivity contribution in [1.82, 2.24) is 9.97 Å². The third-order valence-electron chi connectivity index (χ3n) is 4.01. The maximum atomic E-state index is 13.1. The van der Waals surface area contributed by atoms with E-state index in [0.717, 1.165) is 17.0 Å². The molecule has 2 aromatic heterocycles. The number of aromatic nitrogens is 2. The molecule has 3 aromatic rings. The molecule has 0 aliphatic heterocycles. The molecule has 0 atom stereocenters. The highest BCUT2D eigenvalue weighted by molar-refractivity contribution is 7.92. The van der Waals surface area contributed by atoms with Crippen LogP contribution in [0.3, 0.4) is 0 Å². The number of thiazole rings is 1. The van der Waals surface area contributed by atoms with Gasteiger partial charge in [-0.3, -0.25) is 4.72 Å². The lowest BCUT2D eigenvalue weighted by molar-refractivity contribution is 0.602. The van der Waals surface area contributed by atoms with Gasteiger partial charge in [-0.15, -0.1) is 11.3 Å². The van der Waals surface area contributed by atoms with Crippen molar-refractivity contribution in [3.8, 4) is 0 Å². The van der Waals surface area contributed by atoms with Crippen molar-refractivity contribution in [2.75, 3.05) is 22.3 Å². The van der Waals surface area contributed by atoms with E-state index in [-0.39, 0.29) is 11.6 Å². The van der Waals surface area contributed by atoms with E-state index >= 15 is 0 Å². The number of nitrogens with zero attached hydrogens (tertiary/aromatic N) is 2. The van der Waals surface area contributed by atoms with E-state index < -0.39 is 10.0 Å². The highest BCUT2D eigenvalue weighted by Crippen LogP contribution is 2.21. The second-order valence-corrected chi connectivity index (χ2v) is 9.14. The Morgan fingerprint density at radius 2 is 1.97 bits per heavy atom. The monoisotopic (exact) mass is 432 g/mol. The topological polar surface area (TPSA) is 84.0 Å². The molecule has 0 saturated heterocycles. The van der Waals surface area contributed by atoms with Crippen molar-refractivity contribution in [3.05, 3.63) is 70.1 Å². The molecular weight excluding hydrogens is 411 g/mol. The number of benzene rings is 1. The summed E-state index contributed by atoms with van der Waals surface area (Å²) in [5.41, 5.74) is 1.92. The fourth-order valence-corrected chi connectivity index (χ4v) is 3.72. The summed E-state index contributed by atoms with van der Waals surface area (Å²) in [6.07, 6.45) is 7.64. The lowest BCUT2D eigenvalue weighted by Gasteiger charge is -2.11. The predicted molar refractivity (Wildman–Crippen MR) is 117 cm³/mol. The van der Waals surface area contributed by atoms with Crippen LogP contribution in [0.2, 0.25) is 0 Å². The third kappa shape index (κ3) is 6.37. The first kappa shape index (κ1) is 20.9. The van der Waals surface area contributed by atoms with E-state index in [1.54, 1.807) is 42.7 Å². The molecular formula is C20H21FN4O2S2. The number of hydrogen-bond acceptors (Lipinski definition) is 6. The number of anilines is 2. The van der Waals surface area contributed by atoms with E-state index in [2.05, 4.69) is 20.0 Å². The molecule has 6 nitrogen and oxygen atoms in total. The molecule has 2 N–H and O–H groups in total. The Hall–Kier alpha value is -2.78. The van der Waals surface area contributed by atoms with Gasteiger partial charge in [-0.1, -0.05) is 24.3 Å². The van der Waals surface area contributed by atoms with Gasteiger partial charge >= 0.3 is 0 Å². The zero-order chi connectivity index (χ0) is 20.7. The van der Waals surface area contributed by atoms with Crippen LogP contribution >= 0.6 is 11.3 Å². The number of rotatable bonds is 9. The molecule has 0 fully saturated rings. The van der Waals surface area contributed by atoms with E-state index in [0.29, 0.717) is 23.6 Å². The van der Waals surface area contributed by atoms with E-state index in [1.807, 2.05) is 17.5 Å². The zero-order valence-corrected chi connectivity index (χ0v) is 17.4. The smallest absolute Gasteiger partial charge is 0.232 e. The Bertz CT molecular complexity index is 1070. The van der Waals surface area contributed by atoms with Crippen LogP contribution in [0.25, 0.3) is 12.2 Å². The van der Waals surface area contributed by atoms with Crippen LogP contribution in [-0.2, 0) is 16.4 Å². The lowest BCUT2D eigenvalue weighted by atomic mass is 10.1. The largest absolute Gasteiger partial charge is 0.369 e. The van der Waals surface area contributed by atoms with Crippen molar-refractivity contribution in [3.63, 3.8) is 0 Å². The summed E-state index contributed by atoms with van der Waals surface area (Å²) in [5.74, 6) is 0.297. The molecule has 152 valence electrons. The second kappa shape index (κ2) is 9.62. The maximum Gasteiger partial charge on any atom is 0.232 e. The molecule has 29 heavy (non-hydrogen) atoms. The van der Waals surface area contributed by atoms with Gasteiger partial charge in [-0.05, 0) is 30.7 Å². The fourth-order valence-electron chi connectivity index (χ4n) is 2.49. The average Bonchev–Trinajstić information content (AvgIpc) is 3.22. The zero-order valence-electron chi connectivity index (χ0n) is 15.8. The highest BCUT2D eigenvalue weighted by atomic mass is 32.2. The van der Waals surface area contributed by atoms with Crippen LogP contribution in [0.1, 0.15) is 23.1 Å². The molecule has 0 aliphatic rings. The lowest BCUT2D eigenvalue weighted by Crippen LogP contribution is -2.15. The Kier molecular flexibility index (Phi) is 6.95. The summed E-state index contributed by atoms with van der Waals surface area (Å²) < 4.78 is 39.3. The third-order valence-corrected chi connectivity index (χ3v) is 6.16. The van der Waals surface area contributed by atoms with E-state index in [9.17, 15) is 12.8 Å². The van der Waals surface area contributed by atoms with Gasteiger partial charge in [0, 0.05) is 30.1 Å². The molecule has 0 unspecified atom stereocenters. The molecule has 0 saturated carbocycles. The number of pyridine rings is 1. The van der Waals surface area contributed by atoms with Gasteiger partial charge < -0.3 is 5.32 Å². The van der Waals surface area contributed by atoms with Crippen LogP contribution in [0.5, 0.6) is 0 Å². The van der Waals surface area contributed by atoms with Gasteiger partial charge in [0.25, 0.3) is 0 Å². The Labute approximate surface area is 173 Å². The number of sulfonamides is 1. The van der Waals surface area contributed by atoms with Crippen molar-refractivity contribution >= 4 is 45.0 Å². The average molecular weight is 433 g/mol. The SMILES string of the molecule is CCS(=O)(=O)Nc1cnc(NCCc2nccs2)c(/C=C/c2ccc(F)cc2)c1. The standard InChI is InChI=1S/C20H21FN4O2S2/c1-2-29(26,27)25-18-13-16(6-3-15-4-7-17(21)8-5-15)20(24-14-18)23-10-9-19-22-11-12-28-19/h3-8,11-14,25H,2,9-10H2,1H3,(H,23,24)/b6-3+. The maximum absolute atomic E-state index is 13.1. The Morgan fingerprint density at radius 3 is 2.66 bits per heavy atom. The Balaban J connectivity index is 1.81. The molecule has 0 amide bonds.